The molecular formula is C15H20N2O. The van der Waals surface area contributed by atoms with Gasteiger partial charge in [-0.3, -0.25) is 4.79 Å². The third kappa shape index (κ3) is 3.70. The van der Waals surface area contributed by atoms with Crippen LogP contribution in [-0.4, -0.2) is 12.5 Å². The predicted octanol–water partition coefficient (Wildman–Crippen LogP) is 2.23. The summed E-state index contributed by atoms with van der Waals surface area (Å²) in [5, 5.41) is 3.47. The lowest BCUT2D eigenvalue weighted by Gasteiger charge is -2.18. The van der Waals surface area contributed by atoms with Crippen LogP contribution in [0.5, 0.6) is 0 Å². The second-order valence-corrected chi connectivity index (χ2v) is 4.84. The van der Waals surface area contributed by atoms with Gasteiger partial charge in [-0.1, -0.05) is 24.3 Å². The third-order valence-corrected chi connectivity index (χ3v) is 3.38. The molecule has 1 aromatic carbocycles. The van der Waals surface area contributed by atoms with Crippen molar-refractivity contribution >= 4 is 5.91 Å². The van der Waals surface area contributed by atoms with E-state index in [-0.39, 0.29) is 5.91 Å². The monoisotopic (exact) mass is 244 g/mol. The second kappa shape index (κ2) is 6.36. The van der Waals surface area contributed by atoms with Crippen molar-refractivity contribution in [2.45, 2.75) is 25.8 Å². The molecule has 1 aliphatic rings. The van der Waals surface area contributed by atoms with Gasteiger partial charge in [0.05, 0.1) is 0 Å². The molecule has 0 saturated carbocycles. The van der Waals surface area contributed by atoms with Crippen LogP contribution in [0.15, 0.2) is 36.4 Å². The Hall–Kier alpha value is -1.61. The van der Waals surface area contributed by atoms with Gasteiger partial charge >= 0.3 is 0 Å². The summed E-state index contributed by atoms with van der Waals surface area (Å²) < 4.78 is 0. The van der Waals surface area contributed by atoms with Crippen LogP contribution in [0.2, 0.25) is 0 Å². The van der Waals surface area contributed by atoms with Crippen LogP contribution in [0.25, 0.3) is 0 Å². The maximum absolute atomic E-state index is 10.9. The summed E-state index contributed by atoms with van der Waals surface area (Å²) in [4.78, 5) is 10.9. The molecule has 18 heavy (non-hydrogen) atoms. The molecule has 0 radical (unpaired) electrons. The fraction of sp³-hybridized carbons (Fsp3) is 0.400. The quantitative estimate of drug-likeness (QED) is 0.780. The van der Waals surface area contributed by atoms with Gasteiger partial charge in [0.25, 0.3) is 0 Å². The van der Waals surface area contributed by atoms with Gasteiger partial charge < -0.3 is 11.1 Å². The summed E-state index contributed by atoms with van der Waals surface area (Å²) in [6.07, 6.45) is 8.22. The van der Waals surface area contributed by atoms with Crippen molar-refractivity contribution in [2.24, 2.45) is 11.7 Å². The van der Waals surface area contributed by atoms with E-state index in [1.165, 1.54) is 24.8 Å². The Morgan fingerprint density at radius 2 is 2.06 bits per heavy atom. The van der Waals surface area contributed by atoms with Crippen LogP contribution in [0.3, 0.4) is 0 Å². The number of primary amides is 1. The first-order valence-corrected chi connectivity index (χ1v) is 6.50. The molecule has 1 atom stereocenters. The molecule has 0 bridgehead atoms. The molecule has 0 aliphatic heterocycles. The smallest absolute Gasteiger partial charge is 0.248 e. The summed E-state index contributed by atoms with van der Waals surface area (Å²) in [6.45, 7) is 1.90. The molecule has 1 unspecified atom stereocenters. The molecule has 96 valence electrons. The van der Waals surface area contributed by atoms with Crippen LogP contribution < -0.4 is 11.1 Å². The second-order valence-electron chi connectivity index (χ2n) is 4.84. The largest absolute Gasteiger partial charge is 0.366 e. The van der Waals surface area contributed by atoms with E-state index in [1.807, 2.05) is 12.1 Å². The minimum atomic E-state index is -0.372. The van der Waals surface area contributed by atoms with Crippen molar-refractivity contribution < 1.29 is 4.79 Å². The van der Waals surface area contributed by atoms with Crippen molar-refractivity contribution in [1.82, 2.24) is 5.32 Å². The first-order valence-electron chi connectivity index (χ1n) is 6.50. The lowest BCUT2D eigenvalue weighted by molar-refractivity contribution is 0.100. The van der Waals surface area contributed by atoms with E-state index in [4.69, 9.17) is 5.73 Å². The normalized spacial score (nSPS) is 18.8. The summed E-state index contributed by atoms with van der Waals surface area (Å²) in [6, 6.07) is 7.47. The van der Waals surface area contributed by atoms with Crippen molar-refractivity contribution in [2.75, 3.05) is 6.54 Å². The molecule has 3 heteroatoms. The van der Waals surface area contributed by atoms with E-state index < -0.39 is 0 Å². The first kappa shape index (κ1) is 12.8. The molecule has 1 aliphatic carbocycles. The van der Waals surface area contributed by atoms with Crippen LogP contribution in [0.1, 0.15) is 35.2 Å². The zero-order chi connectivity index (χ0) is 12.8. The lowest BCUT2D eigenvalue weighted by Crippen LogP contribution is -2.23. The number of amides is 1. The minimum absolute atomic E-state index is 0.372. The topological polar surface area (TPSA) is 55.1 Å². The van der Waals surface area contributed by atoms with Crippen molar-refractivity contribution in [1.29, 1.82) is 0 Å². The average Bonchev–Trinajstić information content (AvgIpc) is 2.40. The maximum atomic E-state index is 10.9. The molecule has 1 aromatic rings. The molecule has 3 N–H and O–H groups in total. The van der Waals surface area contributed by atoms with E-state index in [1.54, 1.807) is 12.1 Å². The van der Waals surface area contributed by atoms with Gasteiger partial charge in [-0.2, -0.15) is 0 Å². The fourth-order valence-electron chi connectivity index (χ4n) is 2.25. The summed E-state index contributed by atoms with van der Waals surface area (Å²) >= 11 is 0. The van der Waals surface area contributed by atoms with Crippen LogP contribution in [-0.2, 0) is 6.54 Å². The number of benzene rings is 1. The highest BCUT2D eigenvalue weighted by Gasteiger charge is 2.08. The van der Waals surface area contributed by atoms with Crippen molar-refractivity contribution in [3.8, 4) is 0 Å². The Kier molecular flexibility index (Phi) is 4.53. The Labute approximate surface area is 108 Å². The van der Waals surface area contributed by atoms with Gasteiger partial charge in [0.15, 0.2) is 0 Å². The van der Waals surface area contributed by atoms with Gasteiger partial charge in [-0.15, -0.1) is 0 Å². The fourth-order valence-corrected chi connectivity index (χ4v) is 2.25. The van der Waals surface area contributed by atoms with Gasteiger partial charge in [0.1, 0.15) is 0 Å². The number of rotatable bonds is 5. The van der Waals surface area contributed by atoms with Crippen molar-refractivity contribution in [3.63, 3.8) is 0 Å². The Morgan fingerprint density at radius 1 is 1.28 bits per heavy atom. The van der Waals surface area contributed by atoms with Gasteiger partial charge in [-0.25, -0.2) is 0 Å². The summed E-state index contributed by atoms with van der Waals surface area (Å²) in [7, 11) is 0. The molecule has 0 heterocycles. The number of carbonyl (C=O) groups is 1. The number of allylic oxidation sites excluding steroid dienone is 2. The highest BCUT2D eigenvalue weighted by atomic mass is 16.1. The third-order valence-electron chi connectivity index (χ3n) is 3.38. The van der Waals surface area contributed by atoms with Gasteiger partial charge in [0, 0.05) is 12.1 Å². The van der Waals surface area contributed by atoms with E-state index in [0.717, 1.165) is 19.0 Å². The number of carbonyl (C=O) groups excluding carboxylic acids is 1. The predicted molar refractivity (Wildman–Crippen MR) is 73.1 cm³/mol. The number of nitrogens with two attached hydrogens (primary N) is 1. The molecule has 0 aromatic heterocycles. The number of hydrogen-bond acceptors (Lipinski definition) is 2. The highest BCUT2D eigenvalue weighted by Crippen LogP contribution is 2.17. The SMILES string of the molecule is NC(=O)c1ccc(CNCC2CC=CCC2)cc1. The molecule has 2 rings (SSSR count). The molecule has 3 nitrogen and oxygen atoms in total. The lowest BCUT2D eigenvalue weighted by atomic mass is 9.94. The van der Waals surface area contributed by atoms with Crippen LogP contribution >= 0.6 is 0 Å². The zero-order valence-electron chi connectivity index (χ0n) is 10.6. The molecular weight excluding hydrogens is 224 g/mol. The van der Waals surface area contributed by atoms with Crippen molar-refractivity contribution in [3.05, 3.63) is 47.5 Å². The Morgan fingerprint density at radius 3 is 2.67 bits per heavy atom. The minimum Gasteiger partial charge on any atom is -0.366 e. The van der Waals surface area contributed by atoms with E-state index in [0.29, 0.717) is 5.56 Å². The van der Waals surface area contributed by atoms with Gasteiger partial charge in [-0.05, 0) is 49.4 Å². The zero-order valence-corrected chi connectivity index (χ0v) is 10.6. The average molecular weight is 244 g/mol. The summed E-state index contributed by atoms with van der Waals surface area (Å²) in [5.74, 6) is 0.392. The standard InChI is InChI=1S/C15H20N2O/c16-15(18)14-8-6-13(7-9-14)11-17-10-12-4-2-1-3-5-12/h1-2,6-9,12,17H,3-5,10-11H2,(H2,16,18). The van der Waals surface area contributed by atoms with Crippen LogP contribution in [0.4, 0.5) is 0 Å². The first-order chi connectivity index (χ1) is 8.75. The molecule has 0 saturated heterocycles. The van der Waals surface area contributed by atoms with E-state index >= 15 is 0 Å². The molecule has 0 spiro atoms. The number of hydrogen-bond donors (Lipinski definition) is 2. The van der Waals surface area contributed by atoms with Gasteiger partial charge in [0.2, 0.25) is 5.91 Å². The van der Waals surface area contributed by atoms with Crippen LogP contribution in [0, 0.1) is 5.92 Å². The Bertz CT molecular complexity index is 423. The number of nitrogens with one attached hydrogen (secondary N) is 1. The highest BCUT2D eigenvalue weighted by molar-refractivity contribution is 5.92. The molecule has 0 fully saturated rings. The maximum Gasteiger partial charge on any atom is 0.248 e. The Balaban J connectivity index is 1.76. The molecule has 1 amide bonds. The van der Waals surface area contributed by atoms with E-state index in [9.17, 15) is 4.79 Å². The van der Waals surface area contributed by atoms with E-state index in [2.05, 4.69) is 17.5 Å². The summed E-state index contributed by atoms with van der Waals surface area (Å²) in [5.41, 5.74) is 6.95.